The molecular formula is C20H18Hf. The van der Waals surface area contributed by atoms with E-state index in [0.29, 0.717) is 7.35 Å². The third kappa shape index (κ3) is 2.19. The van der Waals surface area contributed by atoms with E-state index in [2.05, 4.69) is 83.5 Å². The number of hydrogen-bond acceptors (Lipinski definition) is 0. The molecule has 2 aliphatic carbocycles. The Bertz CT molecular complexity index is 716. The second-order valence-corrected chi connectivity index (χ2v) is 15.9. The SMILES string of the molecule is C[CH]=[Hf]([CH]1C=Cc2ccccc21)[CH]1C=Cc2ccccc21. The summed E-state index contributed by atoms with van der Waals surface area (Å²) in [6.45, 7) is 2.30. The molecule has 0 radical (unpaired) electrons. The van der Waals surface area contributed by atoms with Crippen LogP contribution >= 0.6 is 0 Å². The van der Waals surface area contributed by atoms with Crippen LogP contribution in [0.5, 0.6) is 0 Å². The summed E-state index contributed by atoms with van der Waals surface area (Å²) >= 11 is -1.95. The first-order chi connectivity index (χ1) is 10.4. The number of fused-ring (bicyclic) bond motifs is 2. The average molecular weight is 437 g/mol. The molecule has 0 spiro atoms. The Morgan fingerprint density at radius 1 is 0.762 bits per heavy atom. The normalized spacial score (nSPS) is 21.2. The summed E-state index contributed by atoms with van der Waals surface area (Å²) in [6.07, 6.45) is 9.61. The molecule has 0 heterocycles. The van der Waals surface area contributed by atoms with Gasteiger partial charge in [-0.2, -0.15) is 0 Å². The topological polar surface area (TPSA) is 0 Å². The van der Waals surface area contributed by atoms with Gasteiger partial charge in [0.05, 0.1) is 0 Å². The van der Waals surface area contributed by atoms with Crippen molar-refractivity contribution in [1.82, 2.24) is 0 Å². The van der Waals surface area contributed by atoms with Crippen molar-refractivity contribution in [3.63, 3.8) is 0 Å². The van der Waals surface area contributed by atoms with Crippen molar-refractivity contribution in [1.29, 1.82) is 0 Å². The molecule has 2 aliphatic rings. The molecule has 0 bridgehead atoms. The second kappa shape index (κ2) is 5.46. The quantitative estimate of drug-likeness (QED) is 0.584. The first kappa shape index (κ1) is 13.3. The van der Waals surface area contributed by atoms with Gasteiger partial charge in [0.15, 0.2) is 0 Å². The van der Waals surface area contributed by atoms with Gasteiger partial charge in [-0.3, -0.25) is 0 Å². The number of benzene rings is 2. The Morgan fingerprint density at radius 3 is 1.71 bits per heavy atom. The van der Waals surface area contributed by atoms with Gasteiger partial charge in [0.2, 0.25) is 0 Å². The summed E-state index contributed by atoms with van der Waals surface area (Å²) in [5, 5.41) is 0. The predicted molar refractivity (Wildman–Crippen MR) is 88.2 cm³/mol. The molecule has 0 N–H and O–H groups in total. The first-order valence-electron chi connectivity index (χ1n) is 7.59. The minimum atomic E-state index is -1.95. The zero-order valence-electron chi connectivity index (χ0n) is 12.2. The van der Waals surface area contributed by atoms with Crippen LogP contribution < -0.4 is 0 Å². The molecule has 0 saturated carbocycles. The van der Waals surface area contributed by atoms with E-state index in [1.165, 1.54) is 11.1 Å². The molecule has 0 nitrogen and oxygen atoms in total. The molecule has 2 unspecified atom stereocenters. The summed E-state index contributed by atoms with van der Waals surface area (Å²) in [5.41, 5.74) is 6.00. The first-order valence-corrected chi connectivity index (χ1v) is 13.8. The molecular weight excluding hydrogens is 419 g/mol. The van der Waals surface area contributed by atoms with Crippen LogP contribution in [0.25, 0.3) is 12.2 Å². The van der Waals surface area contributed by atoms with Crippen LogP contribution in [0.4, 0.5) is 0 Å². The van der Waals surface area contributed by atoms with Gasteiger partial charge in [-0.15, -0.1) is 0 Å². The van der Waals surface area contributed by atoms with E-state index in [0.717, 1.165) is 0 Å². The Kier molecular flexibility index (Phi) is 3.46. The van der Waals surface area contributed by atoms with Gasteiger partial charge in [-0.1, -0.05) is 0 Å². The summed E-state index contributed by atoms with van der Waals surface area (Å²) in [5.74, 6) is 0. The Hall–Kier alpha value is -1.34. The van der Waals surface area contributed by atoms with Crippen LogP contribution in [0, 0.1) is 0 Å². The molecule has 4 rings (SSSR count). The van der Waals surface area contributed by atoms with Crippen molar-refractivity contribution in [3.8, 4) is 0 Å². The van der Waals surface area contributed by atoms with Crippen LogP contribution in [0.3, 0.4) is 0 Å². The molecule has 0 amide bonds. The minimum absolute atomic E-state index is 0.706. The Labute approximate surface area is 133 Å². The molecule has 21 heavy (non-hydrogen) atoms. The van der Waals surface area contributed by atoms with Crippen LogP contribution in [-0.4, -0.2) is 3.76 Å². The molecule has 2 aromatic carbocycles. The summed E-state index contributed by atoms with van der Waals surface area (Å²) in [7, 11) is 0. The maximum absolute atomic E-state index is 2.60. The van der Waals surface area contributed by atoms with Gasteiger partial charge in [0.25, 0.3) is 0 Å². The van der Waals surface area contributed by atoms with Crippen molar-refractivity contribution >= 4 is 15.9 Å². The predicted octanol–water partition coefficient (Wildman–Crippen LogP) is 4.96. The number of rotatable bonds is 2. The van der Waals surface area contributed by atoms with Crippen LogP contribution in [0.1, 0.15) is 36.5 Å². The van der Waals surface area contributed by atoms with Gasteiger partial charge in [0.1, 0.15) is 0 Å². The molecule has 0 aromatic heterocycles. The van der Waals surface area contributed by atoms with Gasteiger partial charge >= 0.3 is 134 Å². The van der Waals surface area contributed by atoms with Gasteiger partial charge in [0, 0.05) is 0 Å². The van der Waals surface area contributed by atoms with Crippen molar-refractivity contribution < 1.29 is 21.0 Å². The van der Waals surface area contributed by atoms with Crippen LogP contribution in [0.15, 0.2) is 60.7 Å². The zero-order chi connectivity index (χ0) is 14.2. The number of hydrogen-bond donors (Lipinski definition) is 0. The van der Waals surface area contributed by atoms with Crippen molar-refractivity contribution in [2.75, 3.05) is 0 Å². The third-order valence-corrected chi connectivity index (χ3v) is 15.8. The molecule has 0 saturated heterocycles. The summed E-state index contributed by atoms with van der Waals surface area (Å²) in [4.78, 5) is 0. The van der Waals surface area contributed by atoms with Gasteiger partial charge in [-0.25, -0.2) is 0 Å². The molecule has 2 atom stereocenters. The average Bonchev–Trinajstić information content (AvgIpc) is 3.14. The zero-order valence-corrected chi connectivity index (χ0v) is 15.8. The molecule has 0 aliphatic heterocycles. The Balaban J connectivity index is 1.76. The van der Waals surface area contributed by atoms with E-state index in [-0.39, 0.29) is 0 Å². The van der Waals surface area contributed by atoms with E-state index >= 15 is 0 Å². The van der Waals surface area contributed by atoms with E-state index in [1.54, 1.807) is 11.1 Å². The monoisotopic (exact) mass is 438 g/mol. The van der Waals surface area contributed by atoms with Crippen LogP contribution in [-0.2, 0) is 21.0 Å². The van der Waals surface area contributed by atoms with Gasteiger partial charge < -0.3 is 0 Å². The molecule has 102 valence electrons. The van der Waals surface area contributed by atoms with E-state index in [9.17, 15) is 0 Å². The van der Waals surface area contributed by atoms with Gasteiger partial charge in [-0.05, 0) is 0 Å². The molecule has 0 fully saturated rings. The fraction of sp³-hybridized carbons (Fsp3) is 0.150. The molecule has 1 heteroatoms. The van der Waals surface area contributed by atoms with Crippen molar-refractivity contribution in [2.24, 2.45) is 0 Å². The number of allylic oxidation sites excluding steroid dienone is 2. The third-order valence-electron chi connectivity index (χ3n) is 4.65. The Morgan fingerprint density at radius 2 is 1.24 bits per heavy atom. The fourth-order valence-electron chi connectivity index (χ4n) is 3.63. The summed E-state index contributed by atoms with van der Waals surface area (Å²) in [6, 6.07) is 17.9. The molecule has 2 aromatic rings. The maximum atomic E-state index is 2.60. The van der Waals surface area contributed by atoms with E-state index < -0.39 is 21.0 Å². The fourth-order valence-corrected chi connectivity index (χ4v) is 14.4. The van der Waals surface area contributed by atoms with E-state index in [1.807, 2.05) is 0 Å². The van der Waals surface area contributed by atoms with Crippen LogP contribution in [0.2, 0.25) is 0 Å². The standard InChI is InChI=1S/2C9H7.C2H4.Hf/c2*1-2-5-9-7-3-6-8(9)4-1;1-2;/h2*1-7H;1H,2H3;. The summed E-state index contributed by atoms with van der Waals surface area (Å²) < 4.78 is 4.01. The van der Waals surface area contributed by atoms with Crippen molar-refractivity contribution in [2.45, 2.75) is 14.3 Å². The van der Waals surface area contributed by atoms with Crippen molar-refractivity contribution in [3.05, 3.63) is 82.9 Å². The second-order valence-electron chi connectivity index (χ2n) is 5.72. The van der Waals surface area contributed by atoms with E-state index in [4.69, 9.17) is 0 Å².